The van der Waals surface area contributed by atoms with Crippen molar-refractivity contribution < 1.29 is 18.3 Å². The second-order valence-electron chi connectivity index (χ2n) is 6.91. The van der Waals surface area contributed by atoms with Crippen LogP contribution in [0, 0.1) is 5.92 Å². The van der Waals surface area contributed by atoms with E-state index >= 15 is 0 Å². The summed E-state index contributed by atoms with van der Waals surface area (Å²) in [6.07, 6.45) is 0.733. The number of benzene rings is 2. The average molecular weight is 378 g/mol. The Bertz CT molecular complexity index is 830. The van der Waals surface area contributed by atoms with Crippen molar-refractivity contribution in [3.63, 3.8) is 0 Å². The summed E-state index contributed by atoms with van der Waals surface area (Å²) in [5.41, 5.74) is -0.482. The van der Waals surface area contributed by atoms with Crippen LogP contribution in [0.4, 0.5) is 8.78 Å². The molecule has 1 N–H and O–H groups in total. The Morgan fingerprint density at radius 2 is 1.96 bits per heavy atom. The Morgan fingerprint density at radius 1 is 1.19 bits per heavy atom. The van der Waals surface area contributed by atoms with Gasteiger partial charge in [0.1, 0.15) is 6.61 Å². The minimum Gasteiger partial charge on any atom is -0.356 e. The van der Waals surface area contributed by atoms with Crippen molar-refractivity contribution in [1.29, 1.82) is 0 Å². The van der Waals surface area contributed by atoms with Crippen LogP contribution in [0.1, 0.15) is 23.5 Å². The molecule has 1 saturated carbocycles. The van der Waals surface area contributed by atoms with Gasteiger partial charge in [-0.15, -0.1) is 0 Å². The molecule has 2 aromatic carbocycles. The lowest BCUT2D eigenvalue weighted by Gasteiger charge is -2.49. The Hall–Kier alpha value is -1.98. The molecule has 1 aliphatic heterocycles. The zero-order valence-corrected chi connectivity index (χ0v) is 14.7. The second kappa shape index (κ2) is 6.32. The predicted octanol–water partition coefficient (Wildman–Crippen LogP) is 4.12. The van der Waals surface area contributed by atoms with E-state index in [9.17, 15) is 13.6 Å². The summed E-state index contributed by atoms with van der Waals surface area (Å²) >= 11 is 5.95. The van der Waals surface area contributed by atoms with Crippen LogP contribution < -0.4 is 5.32 Å². The van der Waals surface area contributed by atoms with Gasteiger partial charge in [-0.1, -0.05) is 54.1 Å². The molecule has 26 heavy (non-hydrogen) atoms. The van der Waals surface area contributed by atoms with Crippen LogP contribution in [0.5, 0.6) is 0 Å². The minimum atomic E-state index is -3.06. The first kappa shape index (κ1) is 17.4. The molecule has 0 radical (unpaired) electrons. The van der Waals surface area contributed by atoms with Crippen LogP contribution in [0.15, 0.2) is 54.6 Å². The van der Waals surface area contributed by atoms with Gasteiger partial charge in [0.05, 0.1) is 6.54 Å². The van der Waals surface area contributed by atoms with Crippen LogP contribution in [0.2, 0.25) is 5.02 Å². The maximum Gasteiger partial charge on any atom is 0.305 e. The molecule has 4 rings (SSSR count). The molecule has 1 amide bonds. The van der Waals surface area contributed by atoms with Crippen LogP contribution in [-0.4, -0.2) is 25.0 Å². The quantitative estimate of drug-likeness (QED) is 0.851. The maximum atomic E-state index is 14.4. The van der Waals surface area contributed by atoms with E-state index in [2.05, 4.69) is 5.32 Å². The molecule has 6 heteroatoms. The third kappa shape index (κ3) is 2.89. The molecule has 2 fully saturated rings. The standard InChI is InChI=1S/C20H18ClF2NO2/c21-15-8-4-7-14(9-15)19(20(22,23)12-26-19)11-24-18(25)17-10-16(17)13-5-2-1-3-6-13/h1-9,16-17H,10-12H2,(H,24,25)/t16-,17+,19+/m1/s1. The molecule has 0 bridgehead atoms. The molecule has 1 saturated heterocycles. The van der Waals surface area contributed by atoms with Gasteiger partial charge in [0.15, 0.2) is 5.60 Å². The first-order valence-corrected chi connectivity index (χ1v) is 8.91. The number of rotatable bonds is 5. The van der Waals surface area contributed by atoms with E-state index in [1.165, 1.54) is 6.07 Å². The zero-order valence-electron chi connectivity index (χ0n) is 13.9. The van der Waals surface area contributed by atoms with E-state index in [1.807, 2.05) is 30.3 Å². The summed E-state index contributed by atoms with van der Waals surface area (Å²) in [6.45, 7) is -0.942. The molecule has 1 aliphatic carbocycles. The van der Waals surface area contributed by atoms with Gasteiger partial charge >= 0.3 is 5.92 Å². The normalized spacial score (nSPS) is 28.9. The summed E-state index contributed by atoms with van der Waals surface area (Å²) in [7, 11) is 0. The molecule has 2 aromatic rings. The van der Waals surface area contributed by atoms with Crippen LogP contribution in [0.25, 0.3) is 0 Å². The number of hydrogen-bond acceptors (Lipinski definition) is 2. The van der Waals surface area contributed by atoms with E-state index in [0.29, 0.717) is 5.02 Å². The molecule has 1 heterocycles. The van der Waals surface area contributed by atoms with Crippen molar-refractivity contribution in [3.8, 4) is 0 Å². The molecule has 3 nitrogen and oxygen atoms in total. The summed E-state index contributed by atoms with van der Waals surface area (Å²) in [5, 5.41) is 3.03. The van der Waals surface area contributed by atoms with Crippen LogP contribution in [-0.2, 0) is 15.1 Å². The van der Waals surface area contributed by atoms with Gasteiger partial charge in [-0.3, -0.25) is 4.79 Å². The largest absolute Gasteiger partial charge is 0.356 e. The highest BCUT2D eigenvalue weighted by Crippen LogP contribution is 2.50. The van der Waals surface area contributed by atoms with Crippen molar-refractivity contribution in [3.05, 3.63) is 70.7 Å². The number of halogens is 3. The number of carbonyl (C=O) groups excluding carboxylic acids is 1. The topological polar surface area (TPSA) is 38.3 Å². The van der Waals surface area contributed by atoms with E-state index < -0.39 is 18.1 Å². The van der Waals surface area contributed by atoms with Gasteiger partial charge in [0.2, 0.25) is 5.91 Å². The van der Waals surface area contributed by atoms with Crippen molar-refractivity contribution in [2.45, 2.75) is 23.9 Å². The lowest BCUT2D eigenvalue weighted by Crippen LogP contribution is -2.65. The van der Waals surface area contributed by atoms with Gasteiger partial charge in [0.25, 0.3) is 0 Å². The number of carbonyl (C=O) groups is 1. The Kier molecular flexibility index (Phi) is 4.24. The first-order valence-electron chi connectivity index (χ1n) is 8.53. The fourth-order valence-electron chi connectivity index (χ4n) is 3.57. The second-order valence-corrected chi connectivity index (χ2v) is 7.34. The molecule has 3 atom stereocenters. The molecule has 0 aromatic heterocycles. The number of amides is 1. The molecule has 136 valence electrons. The Balaban J connectivity index is 1.46. The maximum absolute atomic E-state index is 14.4. The SMILES string of the molecule is O=C(NC[C@@]1(c2cccc(Cl)c2)OCC1(F)F)[C@H]1C[C@@H]1c1ccccc1. The Morgan fingerprint density at radius 3 is 2.58 bits per heavy atom. The number of hydrogen-bond donors (Lipinski definition) is 1. The predicted molar refractivity (Wildman–Crippen MR) is 94.3 cm³/mol. The van der Waals surface area contributed by atoms with Gasteiger partial charge < -0.3 is 10.1 Å². The highest BCUT2D eigenvalue weighted by molar-refractivity contribution is 6.30. The van der Waals surface area contributed by atoms with Crippen LogP contribution in [0.3, 0.4) is 0 Å². The monoisotopic (exact) mass is 377 g/mol. The highest BCUT2D eigenvalue weighted by atomic mass is 35.5. The van der Waals surface area contributed by atoms with Crippen LogP contribution >= 0.6 is 11.6 Å². The van der Waals surface area contributed by atoms with Gasteiger partial charge in [-0.05, 0) is 35.6 Å². The molecule has 0 unspecified atom stereocenters. The fourth-order valence-corrected chi connectivity index (χ4v) is 3.76. The third-order valence-corrected chi connectivity index (χ3v) is 5.48. The summed E-state index contributed by atoms with van der Waals surface area (Å²) in [4.78, 5) is 12.4. The van der Waals surface area contributed by atoms with E-state index in [1.54, 1.807) is 18.2 Å². The van der Waals surface area contributed by atoms with Crippen molar-refractivity contribution in [1.82, 2.24) is 5.32 Å². The molecular weight excluding hydrogens is 360 g/mol. The summed E-state index contributed by atoms with van der Waals surface area (Å²) in [5.74, 6) is -3.30. The molecular formula is C20H18ClF2NO2. The average Bonchev–Trinajstić information content (AvgIpc) is 3.43. The molecule has 2 aliphatic rings. The Labute approximate surface area is 155 Å². The van der Waals surface area contributed by atoms with Gasteiger partial charge in [0, 0.05) is 10.9 Å². The van der Waals surface area contributed by atoms with E-state index in [0.717, 1.165) is 12.0 Å². The number of alkyl halides is 2. The van der Waals surface area contributed by atoms with Gasteiger partial charge in [-0.25, -0.2) is 8.78 Å². The number of ether oxygens (including phenoxy) is 1. The zero-order chi connectivity index (χ0) is 18.4. The molecule has 0 spiro atoms. The highest BCUT2D eigenvalue weighted by Gasteiger charge is 2.65. The van der Waals surface area contributed by atoms with E-state index in [-0.39, 0.29) is 29.9 Å². The lowest BCUT2D eigenvalue weighted by molar-refractivity contribution is -0.334. The van der Waals surface area contributed by atoms with Crippen molar-refractivity contribution in [2.75, 3.05) is 13.2 Å². The van der Waals surface area contributed by atoms with Gasteiger partial charge in [-0.2, -0.15) is 0 Å². The van der Waals surface area contributed by atoms with Crippen molar-refractivity contribution in [2.24, 2.45) is 5.92 Å². The smallest absolute Gasteiger partial charge is 0.305 e. The summed E-state index contributed by atoms with van der Waals surface area (Å²) < 4.78 is 34.0. The third-order valence-electron chi connectivity index (χ3n) is 5.25. The minimum absolute atomic E-state index is 0.154. The van der Waals surface area contributed by atoms with Crippen molar-refractivity contribution >= 4 is 17.5 Å². The van der Waals surface area contributed by atoms with E-state index in [4.69, 9.17) is 16.3 Å². The lowest BCUT2D eigenvalue weighted by atomic mass is 9.82. The first-order chi connectivity index (χ1) is 12.4. The number of nitrogens with one attached hydrogen (secondary N) is 1. The summed E-state index contributed by atoms with van der Waals surface area (Å²) in [6, 6.07) is 16.0. The fraction of sp³-hybridized carbons (Fsp3) is 0.350.